The van der Waals surface area contributed by atoms with E-state index in [0.717, 1.165) is 0 Å². The lowest BCUT2D eigenvalue weighted by atomic mass is 10.1. The van der Waals surface area contributed by atoms with E-state index < -0.39 is 11.9 Å². The van der Waals surface area contributed by atoms with Crippen molar-refractivity contribution in [2.24, 2.45) is 5.73 Å². The van der Waals surface area contributed by atoms with Gasteiger partial charge in [0, 0.05) is 17.1 Å². The largest absolute Gasteiger partial charge is 0.467 e. The zero-order valence-corrected chi connectivity index (χ0v) is 15.3. The van der Waals surface area contributed by atoms with E-state index in [2.05, 4.69) is 0 Å². The minimum atomic E-state index is -0.578. The summed E-state index contributed by atoms with van der Waals surface area (Å²) in [6.07, 6.45) is 0.854. The first-order chi connectivity index (χ1) is 11.5. The molecule has 1 atom stereocenters. The lowest BCUT2D eigenvalue weighted by Crippen LogP contribution is -2.42. The summed E-state index contributed by atoms with van der Waals surface area (Å²) in [5.74, 6) is -0.242. The standard InChI is InChI=1S/C16H15Cl2FN2O3.ClH/c17-12-5-13(18)14(19)4-11(12)15-7-21(1-2-23-15)16(22)9-3-10(6-20)24-8-9;/h3-5,8,15H,1-2,6-7,20H2;1H. The summed E-state index contributed by atoms with van der Waals surface area (Å²) in [6.45, 7) is 1.21. The molecule has 1 saturated heterocycles. The van der Waals surface area contributed by atoms with Crippen LogP contribution in [0.2, 0.25) is 10.0 Å². The highest BCUT2D eigenvalue weighted by molar-refractivity contribution is 6.35. The molecule has 2 aromatic rings. The molecule has 136 valence electrons. The number of rotatable bonds is 3. The van der Waals surface area contributed by atoms with Crippen molar-refractivity contribution in [1.82, 2.24) is 4.90 Å². The van der Waals surface area contributed by atoms with Gasteiger partial charge in [-0.2, -0.15) is 0 Å². The Morgan fingerprint density at radius 3 is 2.76 bits per heavy atom. The number of nitrogens with two attached hydrogens (primary N) is 1. The summed E-state index contributed by atoms with van der Waals surface area (Å²) in [7, 11) is 0. The van der Waals surface area contributed by atoms with E-state index in [9.17, 15) is 9.18 Å². The van der Waals surface area contributed by atoms with Gasteiger partial charge in [0.05, 0.1) is 30.3 Å². The van der Waals surface area contributed by atoms with E-state index in [-0.39, 0.29) is 36.4 Å². The van der Waals surface area contributed by atoms with Crippen LogP contribution in [0, 0.1) is 5.82 Å². The molecule has 2 N–H and O–H groups in total. The Morgan fingerprint density at radius 1 is 1.32 bits per heavy atom. The first-order valence-electron chi connectivity index (χ1n) is 7.32. The predicted molar refractivity (Wildman–Crippen MR) is 94.9 cm³/mol. The van der Waals surface area contributed by atoms with Crippen LogP contribution in [-0.4, -0.2) is 30.5 Å². The fourth-order valence-corrected chi connectivity index (χ4v) is 3.09. The molecule has 0 radical (unpaired) electrons. The third-order valence-corrected chi connectivity index (χ3v) is 4.46. The van der Waals surface area contributed by atoms with E-state index in [1.54, 1.807) is 11.0 Å². The summed E-state index contributed by atoms with van der Waals surface area (Å²) in [4.78, 5) is 14.2. The number of morpholine rings is 1. The molecule has 5 nitrogen and oxygen atoms in total. The van der Waals surface area contributed by atoms with Gasteiger partial charge in [-0.05, 0) is 18.2 Å². The van der Waals surface area contributed by atoms with Crippen LogP contribution in [-0.2, 0) is 11.3 Å². The Balaban J connectivity index is 0.00000225. The lowest BCUT2D eigenvalue weighted by Gasteiger charge is -2.33. The number of ether oxygens (including phenoxy) is 1. The maximum Gasteiger partial charge on any atom is 0.257 e. The Bertz CT molecular complexity index is 769. The van der Waals surface area contributed by atoms with E-state index in [4.69, 9.17) is 38.1 Å². The fraction of sp³-hybridized carbons (Fsp3) is 0.312. The Labute approximate surface area is 160 Å². The van der Waals surface area contributed by atoms with Gasteiger partial charge < -0.3 is 19.8 Å². The molecule has 1 amide bonds. The van der Waals surface area contributed by atoms with Gasteiger partial charge in [0.25, 0.3) is 5.91 Å². The zero-order chi connectivity index (χ0) is 17.3. The topological polar surface area (TPSA) is 68.7 Å². The number of amides is 1. The molecule has 9 heteroatoms. The molecular weight excluding hydrogens is 394 g/mol. The van der Waals surface area contributed by atoms with Crippen molar-refractivity contribution in [3.05, 3.63) is 57.2 Å². The van der Waals surface area contributed by atoms with Crippen LogP contribution in [0.3, 0.4) is 0 Å². The number of nitrogens with zero attached hydrogens (tertiary/aromatic N) is 1. The van der Waals surface area contributed by atoms with Gasteiger partial charge in [-0.1, -0.05) is 23.2 Å². The normalized spacial score (nSPS) is 17.3. The summed E-state index contributed by atoms with van der Waals surface area (Å²) in [5.41, 5.74) is 6.37. The van der Waals surface area contributed by atoms with Crippen LogP contribution in [0.25, 0.3) is 0 Å². The van der Waals surface area contributed by atoms with Crippen LogP contribution in [0.1, 0.15) is 27.8 Å². The second-order valence-corrected chi connectivity index (χ2v) is 6.22. The second-order valence-electron chi connectivity index (χ2n) is 5.40. The fourth-order valence-electron chi connectivity index (χ4n) is 2.59. The molecule has 1 aromatic heterocycles. The Morgan fingerprint density at radius 2 is 2.08 bits per heavy atom. The highest BCUT2D eigenvalue weighted by atomic mass is 35.5. The molecule has 1 aromatic carbocycles. The van der Waals surface area contributed by atoms with Crippen LogP contribution < -0.4 is 5.73 Å². The Kier molecular flexibility index (Phi) is 6.71. The minimum absolute atomic E-state index is 0. The van der Waals surface area contributed by atoms with E-state index in [1.165, 1.54) is 18.4 Å². The summed E-state index contributed by atoms with van der Waals surface area (Å²) < 4.78 is 24.6. The smallest absolute Gasteiger partial charge is 0.257 e. The lowest BCUT2D eigenvalue weighted by molar-refractivity contribution is -0.0229. The van der Waals surface area contributed by atoms with Crippen molar-refractivity contribution in [1.29, 1.82) is 0 Å². The summed E-state index contributed by atoms with van der Waals surface area (Å²) in [6, 6.07) is 4.19. The summed E-state index contributed by atoms with van der Waals surface area (Å²) >= 11 is 11.9. The van der Waals surface area contributed by atoms with Crippen LogP contribution in [0.4, 0.5) is 4.39 Å². The third kappa shape index (κ3) is 4.27. The highest BCUT2D eigenvalue weighted by Gasteiger charge is 2.28. The van der Waals surface area contributed by atoms with Crippen molar-refractivity contribution in [3.8, 4) is 0 Å². The van der Waals surface area contributed by atoms with E-state index in [1.807, 2.05) is 0 Å². The van der Waals surface area contributed by atoms with Crippen LogP contribution in [0.5, 0.6) is 0 Å². The number of hydrogen-bond donors (Lipinski definition) is 1. The van der Waals surface area contributed by atoms with Crippen LogP contribution in [0.15, 0.2) is 28.9 Å². The van der Waals surface area contributed by atoms with Crippen molar-refractivity contribution in [3.63, 3.8) is 0 Å². The van der Waals surface area contributed by atoms with Gasteiger partial charge >= 0.3 is 0 Å². The van der Waals surface area contributed by atoms with Crippen LogP contribution >= 0.6 is 35.6 Å². The SMILES string of the molecule is Cl.NCc1cc(C(=O)N2CCOC(c3cc(F)c(Cl)cc3Cl)C2)co1. The molecule has 3 rings (SSSR count). The summed E-state index contributed by atoms with van der Waals surface area (Å²) in [5, 5.41) is 0.245. The van der Waals surface area contributed by atoms with Gasteiger partial charge in [-0.3, -0.25) is 4.79 Å². The van der Waals surface area contributed by atoms with E-state index in [0.29, 0.717) is 35.1 Å². The average molecular weight is 410 g/mol. The van der Waals surface area contributed by atoms with Gasteiger partial charge in [0.1, 0.15) is 23.9 Å². The number of benzene rings is 1. The number of furan rings is 1. The molecule has 0 bridgehead atoms. The Hall–Kier alpha value is -1.31. The highest BCUT2D eigenvalue weighted by Crippen LogP contribution is 2.32. The average Bonchev–Trinajstić information content (AvgIpc) is 3.06. The minimum Gasteiger partial charge on any atom is -0.467 e. The molecule has 1 aliphatic rings. The van der Waals surface area contributed by atoms with Gasteiger partial charge in [0.15, 0.2) is 0 Å². The number of carbonyl (C=O) groups is 1. The monoisotopic (exact) mass is 408 g/mol. The first-order valence-corrected chi connectivity index (χ1v) is 8.08. The maximum absolute atomic E-state index is 13.7. The molecule has 1 unspecified atom stereocenters. The van der Waals surface area contributed by atoms with Crippen molar-refractivity contribution in [2.45, 2.75) is 12.6 Å². The maximum atomic E-state index is 13.7. The molecule has 1 aliphatic heterocycles. The third-order valence-electron chi connectivity index (χ3n) is 3.84. The van der Waals surface area contributed by atoms with Gasteiger partial charge in [0.2, 0.25) is 0 Å². The first kappa shape index (κ1) is 20.0. The molecule has 0 saturated carbocycles. The van der Waals surface area contributed by atoms with Gasteiger partial charge in [-0.25, -0.2) is 4.39 Å². The molecule has 25 heavy (non-hydrogen) atoms. The second kappa shape index (κ2) is 8.38. The molecular formula is C16H16Cl3FN2O3. The predicted octanol–water partition coefficient (Wildman–Crippen LogP) is 3.82. The van der Waals surface area contributed by atoms with Crippen molar-refractivity contribution < 1.29 is 18.3 Å². The zero-order valence-electron chi connectivity index (χ0n) is 13.0. The quantitative estimate of drug-likeness (QED) is 0.783. The molecule has 1 fully saturated rings. The number of carbonyl (C=O) groups excluding carboxylic acids is 1. The van der Waals surface area contributed by atoms with Crippen molar-refractivity contribution >= 4 is 41.5 Å². The number of hydrogen-bond acceptors (Lipinski definition) is 4. The van der Waals surface area contributed by atoms with E-state index >= 15 is 0 Å². The molecule has 0 aliphatic carbocycles. The molecule has 0 spiro atoms. The van der Waals surface area contributed by atoms with Crippen molar-refractivity contribution in [2.75, 3.05) is 19.7 Å². The number of halogens is 4. The van der Waals surface area contributed by atoms with Gasteiger partial charge in [-0.15, -0.1) is 12.4 Å². The molecule has 2 heterocycles.